The molecule has 2 aromatic carbocycles. The number of likely N-dealkylation sites (tertiary alicyclic amines) is 1. The van der Waals surface area contributed by atoms with Gasteiger partial charge in [0.1, 0.15) is 5.82 Å². The number of aromatic nitrogens is 2. The monoisotopic (exact) mass is 438 g/mol. The zero-order valence-corrected chi connectivity index (χ0v) is 18.2. The van der Waals surface area contributed by atoms with Crippen LogP contribution in [0.15, 0.2) is 47.3 Å². The minimum absolute atomic E-state index is 0.0327. The fraction of sp³-hybridized carbons (Fsp3) is 0.375. The summed E-state index contributed by atoms with van der Waals surface area (Å²) in [4.78, 5) is 26.5. The van der Waals surface area contributed by atoms with E-state index in [2.05, 4.69) is 15.5 Å². The van der Waals surface area contributed by atoms with Crippen molar-refractivity contribution in [2.75, 3.05) is 26.2 Å². The number of nitrogens with one attached hydrogen (secondary N) is 2. The number of aromatic amines is 1. The van der Waals surface area contributed by atoms with Crippen LogP contribution in [0.3, 0.4) is 0 Å². The molecule has 0 unspecified atom stereocenters. The molecule has 1 saturated heterocycles. The molecule has 1 aromatic heterocycles. The van der Waals surface area contributed by atoms with E-state index in [1.54, 1.807) is 29.2 Å². The third-order valence-electron chi connectivity index (χ3n) is 5.87. The molecule has 8 heteroatoms. The van der Waals surface area contributed by atoms with Gasteiger partial charge in [-0.05, 0) is 23.8 Å². The smallest absolute Gasteiger partial charge is 0.272 e. The van der Waals surface area contributed by atoms with E-state index >= 15 is 0 Å². The normalized spacial score (nSPS) is 14.6. The summed E-state index contributed by atoms with van der Waals surface area (Å²) in [6, 6.07) is 11.8. The second-order valence-corrected chi connectivity index (χ2v) is 9.15. The van der Waals surface area contributed by atoms with Gasteiger partial charge < -0.3 is 15.3 Å². The Morgan fingerprint density at radius 3 is 2.69 bits per heavy atom. The number of carbonyl (C=O) groups excluding carboxylic acids is 1. The molecule has 0 radical (unpaired) electrons. The lowest BCUT2D eigenvalue weighted by molar-refractivity contribution is 0.0535. The Morgan fingerprint density at radius 1 is 1.25 bits per heavy atom. The van der Waals surface area contributed by atoms with Gasteiger partial charge in [0, 0.05) is 49.5 Å². The van der Waals surface area contributed by atoms with Crippen LogP contribution in [0.2, 0.25) is 0 Å². The number of halogens is 1. The van der Waals surface area contributed by atoms with E-state index in [4.69, 9.17) is 0 Å². The topological polar surface area (TPSA) is 98.3 Å². The first-order valence-electron chi connectivity index (χ1n) is 10.7. The number of hydrogen-bond donors (Lipinski definition) is 3. The third-order valence-corrected chi connectivity index (χ3v) is 5.87. The molecule has 168 valence electrons. The number of aliphatic hydroxyl groups excluding tert-OH is 1. The van der Waals surface area contributed by atoms with Crippen LogP contribution >= 0.6 is 0 Å². The summed E-state index contributed by atoms with van der Waals surface area (Å²) < 4.78 is 14.5. The van der Waals surface area contributed by atoms with Gasteiger partial charge in [0.2, 0.25) is 0 Å². The highest BCUT2D eigenvalue weighted by Crippen LogP contribution is 2.21. The van der Waals surface area contributed by atoms with Gasteiger partial charge in [0.15, 0.2) is 0 Å². The number of fused-ring (bicyclic) bond motifs is 1. The number of carbonyl (C=O) groups is 1. The number of aliphatic hydroxyl groups is 1. The van der Waals surface area contributed by atoms with Crippen LogP contribution < -0.4 is 10.9 Å². The minimum atomic E-state index is -0.559. The molecule has 1 amide bonds. The molecule has 0 atom stereocenters. The van der Waals surface area contributed by atoms with Gasteiger partial charge in [0.25, 0.3) is 11.5 Å². The molecular weight excluding hydrogens is 411 g/mol. The number of nitrogens with zero attached hydrogens (tertiary/aromatic N) is 2. The summed E-state index contributed by atoms with van der Waals surface area (Å²) in [6.07, 6.45) is 0.359. The summed E-state index contributed by atoms with van der Waals surface area (Å²) in [5.41, 5.74) is 0.933. The molecular formula is C24H27FN4O3. The molecule has 2 heterocycles. The van der Waals surface area contributed by atoms with E-state index in [0.29, 0.717) is 37.1 Å². The maximum atomic E-state index is 14.5. The van der Waals surface area contributed by atoms with Gasteiger partial charge in [0.05, 0.1) is 16.6 Å². The predicted octanol–water partition coefficient (Wildman–Crippen LogP) is 2.09. The van der Waals surface area contributed by atoms with E-state index in [-0.39, 0.29) is 35.1 Å². The van der Waals surface area contributed by atoms with Crippen LogP contribution in [-0.4, -0.2) is 58.4 Å². The first kappa shape index (κ1) is 22.1. The van der Waals surface area contributed by atoms with Crippen LogP contribution in [0.5, 0.6) is 0 Å². The van der Waals surface area contributed by atoms with E-state index in [0.717, 1.165) is 10.9 Å². The van der Waals surface area contributed by atoms with Gasteiger partial charge in [-0.25, -0.2) is 9.49 Å². The van der Waals surface area contributed by atoms with Crippen molar-refractivity contribution in [1.29, 1.82) is 0 Å². The van der Waals surface area contributed by atoms with Crippen molar-refractivity contribution in [3.8, 4) is 0 Å². The number of H-pyrrole nitrogens is 1. The van der Waals surface area contributed by atoms with Crippen LogP contribution in [0.1, 0.15) is 35.5 Å². The molecule has 1 aliphatic heterocycles. The van der Waals surface area contributed by atoms with Crippen molar-refractivity contribution in [2.24, 2.45) is 5.41 Å². The van der Waals surface area contributed by atoms with E-state index < -0.39 is 5.82 Å². The molecule has 32 heavy (non-hydrogen) atoms. The molecule has 0 bridgehead atoms. The van der Waals surface area contributed by atoms with E-state index in [1.165, 1.54) is 6.07 Å². The highest BCUT2D eigenvalue weighted by atomic mass is 19.1. The summed E-state index contributed by atoms with van der Waals surface area (Å²) >= 11 is 0. The van der Waals surface area contributed by atoms with E-state index in [9.17, 15) is 19.1 Å². The lowest BCUT2D eigenvalue weighted by Gasteiger charge is -2.41. The lowest BCUT2D eigenvalue weighted by atomic mass is 9.94. The van der Waals surface area contributed by atoms with Crippen molar-refractivity contribution in [3.05, 3.63) is 75.5 Å². The van der Waals surface area contributed by atoms with Crippen LogP contribution in [0.25, 0.3) is 10.8 Å². The Labute approximate surface area is 185 Å². The van der Waals surface area contributed by atoms with Crippen LogP contribution in [-0.2, 0) is 6.42 Å². The zero-order chi connectivity index (χ0) is 22.9. The SMILES string of the molecule is CC(C)(CO)CNC1CN(C(=O)c2cc(Cc3n[nH]c(=O)c4ccccc34)ccc2F)C1. The molecule has 3 aromatic rings. The maximum Gasteiger partial charge on any atom is 0.272 e. The maximum absolute atomic E-state index is 14.5. The van der Waals surface area contributed by atoms with Crippen LogP contribution in [0.4, 0.5) is 4.39 Å². The molecule has 0 spiro atoms. The molecule has 3 N–H and O–H groups in total. The Balaban J connectivity index is 1.47. The third kappa shape index (κ3) is 4.56. The lowest BCUT2D eigenvalue weighted by Crippen LogP contribution is -2.61. The first-order chi connectivity index (χ1) is 15.3. The average Bonchev–Trinajstić information content (AvgIpc) is 2.76. The highest BCUT2D eigenvalue weighted by molar-refractivity contribution is 5.95. The van der Waals surface area contributed by atoms with Crippen molar-refractivity contribution in [3.63, 3.8) is 0 Å². The number of benzene rings is 2. The molecule has 4 rings (SSSR count). The average molecular weight is 439 g/mol. The quantitative estimate of drug-likeness (QED) is 0.525. The molecule has 0 aliphatic carbocycles. The Hall–Kier alpha value is -3.10. The molecule has 1 aliphatic rings. The predicted molar refractivity (Wildman–Crippen MR) is 120 cm³/mol. The highest BCUT2D eigenvalue weighted by Gasteiger charge is 2.33. The standard InChI is InChI=1S/C24H27FN4O3/c1-24(2,14-30)13-26-16-11-29(12-16)23(32)19-9-15(7-8-20(19)25)10-21-17-5-3-4-6-18(17)22(31)28-27-21/h3-9,16,26,30H,10-14H2,1-2H3,(H,28,31). The first-order valence-corrected chi connectivity index (χ1v) is 10.7. The fourth-order valence-electron chi connectivity index (χ4n) is 3.77. The Kier molecular flexibility index (Phi) is 6.08. The molecule has 7 nitrogen and oxygen atoms in total. The number of amides is 1. The zero-order valence-electron chi connectivity index (χ0n) is 18.2. The summed E-state index contributed by atoms with van der Waals surface area (Å²) in [5.74, 6) is -0.904. The fourth-order valence-corrected chi connectivity index (χ4v) is 3.77. The van der Waals surface area contributed by atoms with Crippen molar-refractivity contribution in [2.45, 2.75) is 26.3 Å². The summed E-state index contributed by atoms with van der Waals surface area (Å²) in [6.45, 7) is 5.63. The van der Waals surface area contributed by atoms with Gasteiger partial charge in [-0.2, -0.15) is 5.10 Å². The largest absolute Gasteiger partial charge is 0.396 e. The Bertz CT molecular complexity index is 1200. The second kappa shape index (κ2) is 8.80. The second-order valence-electron chi connectivity index (χ2n) is 9.15. The van der Waals surface area contributed by atoms with Crippen LogP contribution in [0, 0.1) is 11.2 Å². The van der Waals surface area contributed by atoms with Crippen molar-refractivity contribution >= 4 is 16.7 Å². The van der Waals surface area contributed by atoms with Gasteiger partial charge in [-0.15, -0.1) is 0 Å². The van der Waals surface area contributed by atoms with Crippen molar-refractivity contribution in [1.82, 2.24) is 20.4 Å². The summed E-state index contributed by atoms with van der Waals surface area (Å²) in [7, 11) is 0. The number of rotatable bonds is 7. The minimum Gasteiger partial charge on any atom is -0.396 e. The molecule has 0 saturated carbocycles. The van der Waals surface area contributed by atoms with Gasteiger partial charge >= 0.3 is 0 Å². The van der Waals surface area contributed by atoms with Gasteiger partial charge in [-0.1, -0.05) is 38.1 Å². The molecule has 1 fully saturated rings. The van der Waals surface area contributed by atoms with Gasteiger partial charge in [-0.3, -0.25) is 9.59 Å². The van der Waals surface area contributed by atoms with Crippen molar-refractivity contribution < 1.29 is 14.3 Å². The Morgan fingerprint density at radius 2 is 1.97 bits per heavy atom. The van der Waals surface area contributed by atoms with E-state index in [1.807, 2.05) is 26.0 Å². The summed E-state index contributed by atoms with van der Waals surface area (Å²) in [5, 5.41) is 20.6. The number of hydrogen-bond acceptors (Lipinski definition) is 5.